The van der Waals surface area contributed by atoms with Gasteiger partial charge < -0.3 is 21.7 Å². The molecule has 31 heavy (non-hydrogen) atoms. The number of rotatable bonds is 5. The molecule has 3 amide bonds. The van der Waals surface area contributed by atoms with E-state index in [1.807, 2.05) is 30.3 Å². The van der Waals surface area contributed by atoms with Gasteiger partial charge in [-0.05, 0) is 42.0 Å². The molecule has 0 atom stereocenters. The van der Waals surface area contributed by atoms with Crippen LogP contribution in [0.4, 0.5) is 22.7 Å². The van der Waals surface area contributed by atoms with E-state index >= 15 is 0 Å². The number of nitrogens with two attached hydrogens (primary N) is 1. The van der Waals surface area contributed by atoms with Gasteiger partial charge in [0, 0.05) is 36.6 Å². The average Bonchev–Trinajstić information content (AvgIpc) is 2.68. The normalized spacial score (nSPS) is 9.61. The minimum Gasteiger partial charge on any atom is -0.399 e. The van der Waals surface area contributed by atoms with E-state index in [2.05, 4.69) is 16.0 Å². The molecule has 0 aromatic heterocycles. The minimum atomic E-state index is -0.141. The van der Waals surface area contributed by atoms with Crippen molar-refractivity contribution in [2.75, 3.05) is 21.7 Å². The number of anilines is 4. The number of nitrogen functional groups attached to an aromatic ring is 1. The van der Waals surface area contributed by atoms with Crippen LogP contribution in [0.1, 0.15) is 19.4 Å². The van der Waals surface area contributed by atoms with Crippen LogP contribution in [-0.2, 0) is 20.8 Å². The Morgan fingerprint density at radius 3 is 1.74 bits per heavy atom. The summed E-state index contributed by atoms with van der Waals surface area (Å²) >= 11 is 0. The summed E-state index contributed by atoms with van der Waals surface area (Å²) in [5.74, 6) is -0.315. The van der Waals surface area contributed by atoms with Crippen LogP contribution in [0.2, 0.25) is 0 Å². The van der Waals surface area contributed by atoms with Gasteiger partial charge in [0.1, 0.15) is 0 Å². The Hall–Kier alpha value is -4.13. The molecule has 3 aromatic carbocycles. The average molecular weight is 418 g/mol. The smallest absolute Gasteiger partial charge is 0.228 e. The monoisotopic (exact) mass is 418 g/mol. The molecule has 0 bridgehead atoms. The molecule has 3 rings (SSSR count). The number of carbonyl (C=O) groups is 3. The molecule has 0 spiro atoms. The Balaban J connectivity index is 0.000000262. The zero-order chi connectivity index (χ0) is 22.6. The van der Waals surface area contributed by atoms with E-state index in [0.29, 0.717) is 23.5 Å². The maximum absolute atomic E-state index is 11.9. The Morgan fingerprint density at radius 2 is 1.19 bits per heavy atom. The molecule has 160 valence electrons. The molecule has 7 heteroatoms. The molecule has 0 aliphatic carbocycles. The summed E-state index contributed by atoms with van der Waals surface area (Å²) in [6.07, 6.45) is 0.325. The summed E-state index contributed by atoms with van der Waals surface area (Å²) in [4.78, 5) is 33.5. The summed E-state index contributed by atoms with van der Waals surface area (Å²) in [5.41, 5.74) is 9.15. The van der Waals surface area contributed by atoms with Gasteiger partial charge in [0.25, 0.3) is 0 Å². The zero-order valence-corrected chi connectivity index (χ0v) is 17.5. The van der Waals surface area contributed by atoms with Crippen LogP contribution in [0.5, 0.6) is 0 Å². The van der Waals surface area contributed by atoms with Crippen LogP contribution in [0.15, 0.2) is 78.9 Å². The van der Waals surface area contributed by atoms with Crippen molar-refractivity contribution < 1.29 is 14.4 Å². The molecular formula is C24H26N4O3. The first-order valence-electron chi connectivity index (χ1n) is 9.66. The molecule has 0 aliphatic rings. The number of benzene rings is 3. The topological polar surface area (TPSA) is 113 Å². The fourth-order valence-electron chi connectivity index (χ4n) is 2.68. The van der Waals surface area contributed by atoms with Gasteiger partial charge in [0.15, 0.2) is 0 Å². The van der Waals surface area contributed by atoms with Crippen LogP contribution in [0.3, 0.4) is 0 Å². The highest BCUT2D eigenvalue weighted by Crippen LogP contribution is 2.15. The standard InChI is InChI=1S/C16H16N2O2.C8H10N2O/c1-12(19)17-14-8-5-9-15(11-14)18-16(20)10-13-6-3-2-4-7-13;1-6(11)10-8-4-2-3-7(9)5-8/h2-9,11H,10H2,1H3,(H,17,19)(H,18,20);2-5H,9H2,1H3,(H,10,11). The Labute approximate surface area is 181 Å². The van der Waals surface area contributed by atoms with Crippen molar-refractivity contribution >= 4 is 40.5 Å². The molecule has 0 aliphatic heterocycles. The number of hydrogen-bond donors (Lipinski definition) is 4. The van der Waals surface area contributed by atoms with Crippen LogP contribution in [0, 0.1) is 0 Å². The van der Waals surface area contributed by atoms with E-state index in [-0.39, 0.29) is 17.7 Å². The van der Waals surface area contributed by atoms with Crippen LogP contribution >= 0.6 is 0 Å². The van der Waals surface area contributed by atoms with Crippen LogP contribution in [-0.4, -0.2) is 17.7 Å². The zero-order valence-electron chi connectivity index (χ0n) is 17.5. The van der Waals surface area contributed by atoms with Gasteiger partial charge in [-0.15, -0.1) is 0 Å². The summed E-state index contributed by atoms with van der Waals surface area (Å²) in [6, 6.07) is 23.7. The van der Waals surface area contributed by atoms with Crippen LogP contribution < -0.4 is 21.7 Å². The van der Waals surface area contributed by atoms with Crippen molar-refractivity contribution in [1.82, 2.24) is 0 Å². The predicted octanol–water partition coefficient (Wildman–Crippen LogP) is 4.05. The number of amides is 3. The molecule has 0 heterocycles. The van der Waals surface area contributed by atoms with E-state index in [1.165, 1.54) is 13.8 Å². The summed E-state index contributed by atoms with van der Waals surface area (Å²) in [7, 11) is 0. The third kappa shape index (κ3) is 9.27. The molecule has 0 fully saturated rings. The second-order valence-corrected chi connectivity index (χ2v) is 6.78. The maximum Gasteiger partial charge on any atom is 0.228 e. The van der Waals surface area contributed by atoms with Crippen molar-refractivity contribution in [2.24, 2.45) is 0 Å². The maximum atomic E-state index is 11.9. The van der Waals surface area contributed by atoms with E-state index in [9.17, 15) is 14.4 Å². The number of hydrogen-bond acceptors (Lipinski definition) is 4. The molecule has 7 nitrogen and oxygen atoms in total. The lowest BCUT2D eigenvalue weighted by molar-refractivity contribution is -0.116. The van der Waals surface area contributed by atoms with E-state index in [0.717, 1.165) is 11.3 Å². The van der Waals surface area contributed by atoms with E-state index in [4.69, 9.17) is 5.73 Å². The first-order chi connectivity index (χ1) is 14.8. The third-order valence-corrected chi connectivity index (χ3v) is 3.88. The fourth-order valence-corrected chi connectivity index (χ4v) is 2.68. The predicted molar refractivity (Wildman–Crippen MR) is 125 cm³/mol. The van der Waals surface area contributed by atoms with Crippen molar-refractivity contribution in [1.29, 1.82) is 0 Å². The highest BCUT2D eigenvalue weighted by atomic mass is 16.2. The van der Waals surface area contributed by atoms with Crippen molar-refractivity contribution in [3.8, 4) is 0 Å². The third-order valence-electron chi connectivity index (χ3n) is 3.88. The second kappa shape index (κ2) is 11.8. The minimum absolute atomic E-state index is 0.0869. The van der Waals surface area contributed by atoms with Crippen LogP contribution in [0.25, 0.3) is 0 Å². The molecule has 0 radical (unpaired) electrons. The van der Waals surface area contributed by atoms with Gasteiger partial charge in [0.05, 0.1) is 6.42 Å². The van der Waals surface area contributed by atoms with E-state index in [1.54, 1.807) is 48.5 Å². The SMILES string of the molecule is CC(=O)Nc1cccc(N)c1.CC(=O)Nc1cccc(NC(=O)Cc2ccccc2)c1. The largest absolute Gasteiger partial charge is 0.399 e. The molecule has 0 saturated heterocycles. The lowest BCUT2D eigenvalue weighted by Crippen LogP contribution is -2.14. The lowest BCUT2D eigenvalue weighted by Gasteiger charge is -2.08. The summed E-state index contributed by atoms with van der Waals surface area (Å²) < 4.78 is 0. The van der Waals surface area contributed by atoms with Gasteiger partial charge >= 0.3 is 0 Å². The first-order valence-corrected chi connectivity index (χ1v) is 9.66. The van der Waals surface area contributed by atoms with Gasteiger partial charge in [0.2, 0.25) is 17.7 Å². The van der Waals surface area contributed by atoms with Crippen molar-refractivity contribution in [3.63, 3.8) is 0 Å². The molecule has 5 N–H and O–H groups in total. The van der Waals surface area contributed by atoms with Crippen molar-refractivity contribution in [3.05, 3.63) is 84.4 Å². The molecule has 0 saturated carbocycles. The quantitative estimate of drug-likeness (QED) is 0.468. The Morgan fingerprint density at radius 1 is 0.677 bits per heavy atom. The highest BCUT2D eigenvalue weighted by Gasteiger charge is 2.04. The Bertz CT molecular complexity index is 1040. The summed E-state index contributed by atoms with van der Waals surface area (Å²) in [5, 5.41) is 8.12. The van der Waals surface area contributed by atoms with Crippen molar-refractivity contribution in [2.45, 2.75) is 20.3 Å². The molecule has 3 aromatic rings. The van der Waals surface area contributed by atoms with Gasteiger partial charge in [-0.1, -0.05) is 42.5 Å². The summed E-state index contributed by atoms with van der Waals surface area (Å²) in [6.45, 7) is 2.91. The fraction of sp³-hybridized carbons (Fsp3) is 0.125. The lowest BCUT2D eigenvalue weighted by atomic mass is 10.1. The van der Waals surface area contributed by atoms with Gasteiger partial charge in [-0.2, -0.15) is 0 Å². The van der Waals surface area contributed by atoms with Gasteiger partial charge in [-0.25, -0.2) is 0 Å². The molecule has 0 unspecified atom stereocenters. The Kier molecular flexibility index (Phi) is 8.79. The van der Waals surface area contributed by atoms with Gasteiger partial charge in [-0.3, -0.25) is 14.4 Å². The number of nitrogens with one attached hydrogen (secondary N) is 3. The number of carbonyl (C=O) groups excluding carboxylic acids is 3. The second-order valence-electron chi connectivity index (χ2n) is 6.78. The highest BCUT2D eigenvalue weighted by molar-refractivity contribution is 5.94. The van der Waals surface area contributed by atoms with E-state index < -0.39 is 0 Å². The molecular weight excluding hydrogens is 392 g/mol. The first kappa shape index (κ1) is 23.2.